The van der Waals surface area contributed by atoms with Crippen molar-refractivity contribution >= 4 is 23.5 Å². The van der Waals surface area contributed by atoms with Gasteiger partial charge in [-0.15, -0.1) is 0 Å². The summed E-state index contributed by atoms with van der Waals surface area (Å²) in [6.07, 6.45) is 1.61. The Kier molecular flexibility index (Phi) is 4.16. The van der Waals surface area contributed by atoms with Crippen molar-refractivity contribution < 1.29 is 37.8 Å². The summed E-state index contributed by atoms with van der Waals surface area (Å²) in [5, 5.41) is 0. The molecule has 8 nitrogen and oxygen atoms in total. The number of carbonyl (C=O) groups excluding carboxylic acids is 4. The Morgan fingerprint density at radius 2 is 1.97 bits per heavy atom. The van der Waals surface area contributed by atoms with Gasteiger partial charge in [0.05, 0.1) is 25.0 Å². The van der Waals surface area contributed by atoms with Gasteiger partial charge in [-0.1, -0.05) is 6.92 Å². The van der Waals surface area contributed by atoms with Gasteiger partial charge in [-0.3, -0.25) is 14.4 Å². The largest absolute Gasteiger partial charge is 0.469 e. The maximum absolute atomic E-state index is 13.7. The van der Waals surface area contributed by atoms with E-state index in [1.165, 1.54) is 20.5 Å². The topological polar surface area (TPSA) is 109 Å². The van der Waals surface area contributed by atoms with E-state index in [0.717, 1.165) is 0 Å². The first-order valence-corrected chi connectivity index (χ1v) is 10.4. The summed E-state index contributed by atoms with van der Waals surface area (Å²) in [7, 11) is 2.79. The fraction of sp³-hybridized carbons (Fsp3) is 0.565. The van der Waals surface area contributed by atoms with Crippen LogP contribution in [0.25, 0.3) is 0 Å². The number of carbonyl (C=O) groups is 4. The highest BCUT2D eigenvalue weighted by Gasteiger charge is 2.64. The summed E-state index contributed by atoms with van der Waals surface area (Å²) in [5.74, 6) is -2.48. The molecule has 31 heavy (non-hydrogen) atoms. The average Bonchev–Trinajstić information content (AvgIpc) is 3.32. The summed E-state index contributed by atoms with van der Waals surface area (Å²) in [6, 6.07) is 0. The van der Waals surface area contributed by atoms with Crippen molar-refractivity contribution in [3.05, 3.63) is 34.3 Å². The van der Waals surface area contributed by atoms with Crippen molar-refractivity contribution in [3.63, 3.8) is 0 Å². The molecule has 5 rings (SSSR count). The molecule has 0 radical (unpaired) electrons. The van der Waals surface area contributed by atoms with Crippen LogP contribution in [0.3, 0.4) is 0 Å². The summed E-state index contributed by atoms with van der Waals surface area (Å²) < 4.78 is 21.8. The number of ketones is 2. The molecule has 1 saturated carbocycles. The van der Waals surface area contributed by atoms with Crippen LogP contribution >= 0.6 is 0 Å². The second kappa shape index (κ2) is 6.38. The lowest BCUT2D eigenvalue weighted by Gasteiger charge is -2.51. The summed E-state index contributed by atoms with van der Waals surface area (Å²) in [6.45, 7) is 3.77. The van der Waals surface area contributed by atoms with Crippen molar-refractivity contribution in [2.45, 2.75) is 44.6 Å². The lowest BCUT2D eigenvalue weighted by molar-refractivity contribution is -0.147. The van der Waals surface area contributed by atoms with Crippen molar-refractivity contribution in [2.75, 3.05) is 20.8 Å². The highest BCUT2D eigenvalue weighted by atomic mass is 16.6. The third-order valence-electron chi connectivity index (χ3n) is 7.92. The van der Waals surface area contributed by atoms with Gasteiger partial charge in [-0.2, -0.15) is 0 Å². The van der Waals surface area contributed by atoms with E-state index >= 15 is 0 Å². The number of fused-ring (bicyclic) bond motifs is 3. The zero-order chi connectivity index (χ0) is 22.3. The van der Waals surface area contributed by atoms with Crippen molar-refractivity contribution in [2.24, 2.45) is 17.3 Å². The van der Waals surface area contributed by atoms with E-state index < -0.39 is 34.8 Å². The lowest BCUT2D eigenvalue weighted by atomic mass is 9.52. The van der Waals surface area contributed by atoms with E-state index in [2.05, 4.69) is 0 Å². The Morgan fingerprint density at radius 1 is 1.23 bits per heavy atom. The van der Waals surface area contributed by atoms with Gasteiger partial charge in [0.1, 0.15) is 23.7 Å². The van der Waals surface area contributed by atoms with Crippen LogP contribution in [-0.4, -0.2) is 50.4 Å². The van der Waals surface area contributed by atoms with Gasteiger partial charge in [0.15, 0.2) is 5.76 Å². The number of methoxy groups -OCH3 is 2. The molecular weight excluding hydrogens is 404 g/mol. The van der Waals surface area contributed by atoms with Gasteiger partial charge in [-0.25, -0.2) is 4.79 Å². The first-order chi connectivity index (χ1) is 14.7. The monoisotopic (exact) mass is 428 g/mol. The number of hydrogen-bond acceptors (Lipinski definition) is 8. The minimum atomic E-state index is -1.02. The molecule has 0 aromatic carbocycles. The molecule has 0 amide bonds. The van der Waals surface area contributed by atoms with E-state index in [0.29, 0.717) is 29.6 Å². The van der Waals surface area contributed by atoms with E-state index in [4.69, 9.17) is 18.6 Å². The van der Waals surface area contributed by atoms with E-state index in [1.54, 1.807) is 0 Å². The molecule has 1 aromatic rings. The summed E-state index contributed by atoms with van der Waals surface area (Å²) in [4.78, 5) is 52.2. The minimum absolute atomic E-state index is 0.0466. The number of Topliss-reactive ketones (excluding diaryl/α,β-unsaturated/α-hetero) is 2. The molecule has 0 N–H and O–H groups in total. The SMILES string of the molecule is COC[C@H]1OC(=O)c2coc3c2C1(C)C1=C(C3=O)C2CCC(=O)C2(C)C[C@H]1C(=O)OC. The zero-order valence-corrected chi connectivity index (χ0v) is 17.9. The molecule has 2 heterocycles. The predicted molar refractivity (Wildman–Crippen MR) is 104 cm³/mol. The Labute approximate surface area is 178 Å². The second-order valence-electron chi connectivity index (χ2n) is 9.27. The normalized spacial score (nSPS) is 36.0. The van der Waals surface area contributed by atoms with Crippen molar-refractivity contribution in [1.29, 1.82) is 0 Å². The molecule has 4 aliphatic rings. The molecule has 0 spiro atoms. The van der Waals surface area contributed by atoms with Gasteiger partial charge in [-0.05, 0) is 25.3 Å². The Bertz CT molecular complexity index is 1080. The third kappa shape index (κ3) is 2.28. The number of esters is 2. The predicted octanol–water partition coefficient (Wildman–Crippen LogP) is 2.39. The Hall–Kier alpha value is -2.74. The molecule has 1 fully saturated rings. The van der Waals surface area contributed by atoms with Gasteiger partial charge >= 0.3 is 11.9 Å². The fourth-order valence-corrected chi connectivity index (χ4v) is 6.40. The molecule has 164 valence electrons. The quantitative estimate of drug-likeness (QED) is 0.675. The number of rotatable bonds is 3. The average molecular weight is 428 g/mol. The third-order valence-corrected chi connectivity index (χ3v) is 7.92. The standard InChI is InChI=1S/C23H24O8/c1-22-7-10(20(26)29-4)16-15(12(22)5-6-13(22)24)18(25)19-17-11(8-30-19)21(27)31-14(9-28-3)23(16,17)2/h8,10,12,14H,5-7,9H2,1-4H3/t10-,12?,14-,22?,23?/m1/s1. The Morgan fingerprint density at radius 3 is 2.65 bits per heavy atom. The fourth-order valence-electron chi connectivity index (χ4n) is 6.40. The van der Waals surface area contributed by atoms with E-state index in [9.17, 15) is 19.2 Å². The van der Waals surface area contributed by atoms with Crippen LogP contribution in [-0.2, 0) is 29.2 Å². The molecule has 3 aliphatic carbocycles. The van der Waals surface area contributed by atoms with Gasteiger partial charge in [0.25, 0.3) is 0 Å². The number of hydrogen-bond donors (Lipinski definition) is 0. The van der Waals surface area contributed by atoms with Crippen LogP contribution in [0.4, 0.5) is 0 Å². The highest BCUT2D eigenvalue weighted by molar-refractivity contribution is 6.15. The molecule has 5 atom stereocenters. The number of ether oxygens (including phenoxy) is 3. The van der Waals surface area contributed by atoms with E-state index in [1.807, 2.05) is 13.8 Å². The maximum Gasteiger partial charge on any atom is 0.342 e. The van der Waals surface area contributed by atoms with Crippen molar-refractivity contribution in [3.8, 4) is 0 Å². The lowest BCUT2D eigenvalue weighted by Crippen LogP contribution is -2.56. The van der Waals surface area contributed by atoms with Crippen LogP contribution in [0.2, 0.25) is 0 Å². The number of cyclic esters (lactones) is 1. The molecule has 3 unspecified atom stereocenters. The number of allylic oxidation sites excluding steroid dienone is 1. The molecule has 1 aliphatic heterocycles. The summed E-state index contributed by atoms with van der Waals surface area (Å²) in [5.41, 5.74) is -0.216. The van der Waals surface area contributed by atoms with Gasteiger partial charge < -0.3 is 18.6 Å². The highest BCUT2D eigenvalue weighted by Crippen LogP contribution is 2.62. The molecular formula is C23H24O8. The first-order valence-electron chi connectivity index (χ1n) is 10.4. The number of furan rings is 1. The Balaban J connectivity index is 1.85. The molecule has 1 aromatic heterocycles. The minimum Gasteiger partial charge on any atom is -0.469 e. The van der Waals surface area contributed by atoms with E-state index in [-0.39, 0.29) is 41.8 Å². The van der Waals surface area contributed by atoms with Gasteiger partial charge in [0, 0.05) is 36.0 Å². The maximum atomic E-state index is 13.7. The van der Waals surface area contributed by atoms with Crippen LogP contribution in [0.1, 0.15) is 59.6 Å². The smallest absolute Gasteiger partial charge is 0.342 e. The van der Waals surface area contributed by atoms with Crippen LogP contribution in [0.5, 0.6) is 0 Å². The van der Waals surface area contributed by atoms with Crippen LogP contribution in [0.15, 0.2) is 21.8 Å². The van der Waals surface area contributed by atoms with Crippen molar-refractivity contribution in [1.82, 2.24) is 0 Å². The molecule has 0 saturated heterocycles. The molecule has 0 bridgehead atoms. The second-order valence-corrected chi connectivity index (χ2v) is 9.27. The molecule has 8 heteroatoms. The van der Waals surface area contributed by atoms with Crippen LogP contribution < -0.4 is 0 Å². The van der Waals surface area contributed by atoms with Crippen LogP contribution in [0, 0.1) is 17.3 Å². The zero-order valence-electron chi connectivity index (χ0n) is 17.9. The first kappa shape index (κ1) is 20.2. The van der Waals surface area contributed by atoms with Gasteiger partial charge in [0.2, 0.25) is 5.78 Å². The summed E-state index contributed by atoms with van der Waals surface area (Å²) >= 11 is 0.